The molecule has 0 atom stereocenters. The molecule has 1 aliphatic heterocycles. The van der Waals surface area contributed by atoms with Crippen LogP contribution in [0, 0.1) is 0 Å². The van der Waals surface area contributed by atoms with Gasteiger partial charge in [-0.3, -0.25) is 4.79 Å². The maximum Gasteiger partial charge on any atom is 0.322 e. The minimum atomic E-state index is -0.250. The lowest BCUT2D eigenvalue weighted by Crippen LogP contribution is -2.55. The fraction of sp³-hybridized carbons (Fsp3) is 0.500. The van der Waals surface area contributed by atoms with Crippen LogP contribution in [-0.2, 0) is 11.8 Å². The van der Waals surface area contributed by atoms with Crippen LogP contribution >= 0.6 is 0 Å². The fourth-order valence-corrected chi connectivity index (χ4v) is 3.77. The number of hydrogen-bond acceptors (Lipinski definition) is 5. The zero-order chi connectivity index (χ0) is 18.8. The number of carbonyl (C=O) groups excluding carboxylic acids is 2. The Bertz CT molecular complexity index is 826. The second kappa shape index (κ2) is 7.34. The summed E-state index contributed by atoms with van der Waals surface area (Å²) in [6.45, 7) is 1.33. The number of amides is 3. The van der Waals surface area contributed by atoms with E-state index in [1.54, 1.807) is 24.1 Å². The zero-order valence-corrected chi connectivity index (χ0v) is 15.3. The van der Waals surface area contributed by atoms with Crippen LogP contribution in [0.3, 0.4) is 0 Å². The van der Waals surface area contributed by atoms with Crippen molar-refractivity contribution < 1.29 is 9.59 Å². The van der Waals surface area contributed by atoms with E-state index in [9.17, 15) is 9.59 Å². The first-order chi connectivity index (χ1) is 13.1. The van der Waals surface area contributed by atoms with Gasteiger partial charge >= 0.3 is 6.03 Å². The number of carbonyl (C=O) groups is 2. The van der Waals surface area contributed by atoms with E-state index in [4.69, 9.17) is 0 Å². The number of piperazine rings is 1. The lowest BCUT2D eigenvalue weighted by molar-refractivity contribution is -0.137. The normalized spacial score (nSPS) is 18.2. The smallest absolute Gasteiger partial charge is 0.322 e. The van der Waals surface area contributed by atoms with Gasteiger partial charge in [0.2, 0.25) is 11.7 Å². The van der Waals surface area contributed by atoms with E-state index >= 15 is 0 Å². The molecule has 0 unspecified atom stereocenters. The fourth-order valence-electron chi connectivity index (χ4n) is 3.77. The summed E-state index contributed by atoms with van der Waals surface area (Å²) in [7, 11) is 1.71. The van der Waals surface area contributed by atoms with Crippen LogP contribution in [-0.4, -0.2) is 67.6 Å². The molecule has 1 N–H and O–H groups in total. The molecule has 2 aromatic rings. The molecule has 3 amide bonds. The maximum absolute atomic E-state index is 12.5. The van der Waals surface area contributed by atoms with Crippen LogP contribution < -0.4 is 5.32 Å². The molecule has 1 saturated heterocycles. The Hall–Kier alpha value is -2.97. The van der Waals surface area contributed by atoms with E-state index in [0.29, 0.717) is 30.6 Å². The number of benzene rings is 1. The highest BCUT2D eigenvalue weighted by molar-refractivity contribution is 5.93. The van der Waals surface area contributed by atoms with E-state index in [-0.39, 0.29) is 18.5 Å². The van der Waals surface area contributed by atoms with E-state index in [1.165, 1.54) is 17.6 Å². The summed E-state index contributed by atoms with van der Waals surface area (Å²) in [6, 6.07) is 7.36. The number of aryl methyl sites for hydroxylation is 1. The highest BCUT2D eigenvalue weighted by Crippen LogP contribution is 2.25. The summed E-state index contributed by atoms with van der Waals surface area (Å²) in [5, 5.41) is 14.8. The molecule has 0 radical (unpaired) electrons. The van der Waals surface area contributed by atoms with Crippen LogP contribution in [0.15, 0.2) is 24.3 Å². The van der Waals surface area contributed by atoms with Gasteiger partial charge in [0, 0.05) is 30.4 Å². The number of nitrogens with zero attached hydrogens (tertiary/aromatic N) is 6. The number of rotatable bonds is 3. The van der Waals surface area contributed by atoms with E-state index < -0.39 is 0 Å². The van der Waals surface area contributed by atoms with Crippen molar-refractivity contribution in [1.29, 1.82) is 0 Å². The van der Waals surface area contributed by atoms with Crippen molar-refractivity contribution in [3.05, 3.63) is 24.3 Å². The van der Waals surface area contributed by atoms with Gasteiger partial charge in [-0.05, 0) is 42.3 Å². The van der Waals surface area contributed by atoms with Gasteiger partial charge in [-0.25, -0.2) is 4.79 Å². The summed E-state index contributed by atoms with van der Waals surface area (Å²) in [6.07, 6.45) is 4.56. The minimum Gasteiger partial charge on any atom is -0.336 e. The highest BCUT2D eigenvalue weighted by atomic mass is 16.2. The average molecular weight is 369 g/mol. The maximum atomic E-state index is 12.5. The Morgan fingerprint density at radius 1 is 1.15 bits per heavy atom. The molecule has 2 fully saturated rings. The van der Waals surface area contributed by atoms with Crippen LogP contribution in [0.1, 0.15) is 25.7 Å². The van der Waals surface area contributed by atoms with Crippen molar-refractivity contribution in [2.45, 2.75) is 31.7 Å². The first-order valence-corrected chi connectivity index (χ1v) is 9.30. The molecule has 142 valence electrons. The average Bonchev–Trinajstić information content (AvgIpc) is 3.34. The van der Waals surface area contributed by atoms with Gasteiger partial charge < -0.3 is 15.1 Å². The number of urea groups is 1. The molecule has 2 aliphatic rings. The number of aromatic nitrogens is 4. The predicted octanol–water partition coefficient (Wildman–Crippen LogP) is 1.50. The second-order valence-corrected chi connectivity index (χ2v) is 7.06. The largest absolute Gasteiger partial charge is 0.336 e. The predicted molar refractivity (Wildman–Crippen MR) is 98.8 cm³/mol. The molecule has 4 rings (SSSR count). The molecule has 9 heteroatoms. The topological polar surface area (TPSA) is 96.3 Å². The van der Waals surface area contributed by atoms with E-state index in [2.05, 4.69) is 20.7 Å². The molecule has 9 nitrogen and oxygen atoms in total. The molecule has 1 aromatic carbocycles. The minimum absolute atomic E-state index is 0.0485. The van der Waals surface area contributed by atoms with Gasteiger partial charge in [-0.2, -0.15) is 4.80 Å². The first kappa shape index (κ1) is 17.4. The van der Waals surface area contributed by atoms with Gasteiger partial charge in [0.05, 0.1) is 7.05 Å². The van der Waals surface area contributed by atoms with Gasteiger partial charge in [0.25, 0.3) is 0 Å². The monoisotopic (exact) mass is 369 g/mol. The summed E-state index contributed by atoms with van der Waals surface area (Å²) >= 11 is 0. The number of hydrogen-bond donors (Lipinski definition) is 1. The summed E-state index contributed by atoms with van der Waals surface area (Å²) in [5.41, 5.74) is 1.49. The SMILES string of the molecule is Cn1nnc(-c2ccc(NC(=O)N3CCN(C4CCCC4)C(=O)C3)cc2)n1. The Labute approximate surface area is 157 Å². The number of anilines is 1. The quantitative estimate of drug-likeness (QED) is 0.884. The Morgan fingerprint density at radius 2 is 1.89 bits per heavy atom. The summed E-state index contributed by atoms with van der Waals surface area (Å²) in [4.78, 5) is 29.9. The van der Waals surface area contributed by atoms with Gasteiger partial charge in [0.15, 0.2) is 0 Å². The lowest BCUT2D eigenvalue weighted by Gasteiger charge is -2.37. The standard InChI is InChI=1S/C18H23N7O2/c1-23-21-17(20-22-23)13-6-8-14(9-7-13)19-18(27)24-10-11-25(16(26)12-24)15-4-2-3-5-15/h6-9,15H,2-5,10-12H2,1H3,(H,19,27). The van der Waals surface area contributed by atoms with Crippen molar-refractivity contribution in [3.63, 3.8) is 0 Å². The highest BCUT2D eigenvalue weighted by Gasteiger charge is 2.32. The Morgan fingerprint density at radius 3 is 2.52 bits per heavy atom. The van der Waals surface area contributed by atoms with E-state index in [0.717, 1.165) is 18.4 Å². The van der Waals surface area contributed by atoms with Crippen molar-refractivity contribution >= 4 is 17.6 Å². The first-order valence-electron chi connectivity index (χ1n) is 9.30. The Kier molecular flexibility index (Phi) is 4.74. The molecule has 1 aromatic heterocycles. The van der Waals surface area contributed by atoms with Gasteiger partial charge in [-0.1, -0.05) is 12.8 Å². The van der Waals surface area contributed by atoms with Crippen molar-refractivity contribution in [3.8, 4) is 11.4 Å². The molecule has 2 heterocycles. The van der Waals surface area contributed by atoms with Crippen molar-refractivity contribution in [2.75, 3.05) is 25.0 Å². The number of tetrazole rings is 1. The molecule has 0 bridgehead atoms. The van der Waals surface area contributed by atoms with E-state index in [1.807, 2.05) is 17.0 Å². The third-order valence-corrected chi connectivity index (χ3v) is 5.21. The van der Waals surface area contributed by atoms with Crippen LogP contribution in [0.25, 0.3) is 11.4 Å². The molecule has 27 heavy (non-hydrogen) atoms. The van der Waals surface area contributed by atoms with Crippen molar-refractivity contribution in [1.82, 2.24) is 30.0 Å². The van der Waals surface area contributed by atoms with Gasteiger partial charge in [0.1, 0.15) is 6.54 Å². The summed E-state index contributed by atoms with van der Waals surface area (Å²) < 4.78 is 0. The molecule has 1 saturated carbocycles. The number of nitrogens with one attached hydrogen (secondary N) is 1. The third kappa shape index (κ3) is 3.76. The van der Waals surface area contributed by atoms with Crippen LogP contribution in [0.5, 0.6) is 0 Å². The lowest BCUT2D eigenvalue weighted by atomic mass is 10.1. The molecule has 1 aliphatic carbocycles. The second-order valence-electron chi connectivity index (χ2n) is 7.06. The molecular weight excluding hydrogens is 346 g/mol. The van der Waals surface area contributed by atoms with Crippen LogP contribution in [0.2, 0.25) is 0 Å². The van der Waals surface area contributed by atoms with Gasteiger partial charge in [-0.15, -0.1) is 10.2 Å². The molecular formula is C18H23N7O2. The third-order valence-electron chi connectivity index (χ3n) is 5.21. The Balaban J connectivity index is 1.34. The zero-order valence-electron chi connectivity index (χ0n) is 15.3. The van der Waals surface area contributed by atoms with Crippen LogP contribution in [0.4, 0.5) is 10.5 Å². The molecule has 0 spiro atoms. The summed E-state index contributed by atoms with van der Waals surface area (Å²) in [5.74, 6) is 0.580. The van der Waals surface area contributed by atoms with Crippen molar-refractivity contribution in [2.24, 2.45) is 7.05 Å².